The second kappa shape index (κ2) is 5.67. The number of nitrogens with zero attached hydrogens (tertiary/aromatic N) is 4. The van der Waals surface area contributed by atoms with Gasteiger partial charge in [-0.15, -0.1) is 0 Å². The molecule has 0 bridgehead atoms. The summed E-state index contributed by atoms with van der Waals surface area (Å²) in [6, 6.07) is 5.12. The van der Waals surface area contributed by atoms with E-state index in [0.717, 1.165) is 5.69 Å². The third-order valence-corrected chi connectivity index (χ3v) is 3.81. The molecule has 116 valence electrons. The predicted octanol–water partition coefficient (Wildman–Crippen LogP) is 0.920. The Bertz CT molecular complexity index is 682. The first-order valence-electron chi connectivity index (χ1n) is 7.19. The molecular formula is C15H18N4O3. The van der Waals surface area contributed by atoms with Gasteiger partial charge in [-0.25, -0.2) is 0 Å². The number of amides is 2. The van der Waals surface area contributed by atoms with Gasteiger partial charge in [-0.05, 0) is 25.1 Å². The molecule has 1 fully saturated rings. The van der Waals surface area contributed by atoms with Gasteiger partial charge in [0.25, 0.3) is 11.8 Å². The smallest absolute Gasteiger partial charge is 0.289 e. The van der Waals surface area contributed by atoms with Crippen molar-refractivity contribution in [2.24, 2.45) is 7.05 Å². The van der Waals surface area contributed by atoms with Gasteiger partial charge in [0, 0.05) is 33.2 Å². The van der Waals surface area contributed by atoms with Crippen molar-refractivity contribution in [3.05, 3.63) is 41.6 Å². The fraction of sp³-hybridized carbons (Fsp3) is 0.400. The summed E-state index contributed by atoms with van der Waals surface area (Å²) in [6.07, 6.45) is 1.48. The molecule has 3 heterocycles. The lowest BCUT2D eigenvalue weighted by molar-refractivity contribution is 0.0512. The van der Waals surface area contributed by atoms with E-state index in [4.69, 9.17) is 4.42 Å². The Morgan fingerprint density at radius 1 is 1.14 bits per heavy atom. The highest BCUT2D eigenvalue weighted by atomic mass is 16.3. The maximum atomic E-state index is 12.5. The highest BCUT2D eigenvalue weighted by Gasteiger charge is 2.27. The Morgan fingerprint density at radius 2 is 1.77 bits per heavy atom. The van der Waals surface area contributed by atoms with Crippen molar-refractivity contribution in [1.29, 1.82) is 0 Å². The molecule has 1 saturated heterocycles. The second-order valence-electron chi connectivity index (χ2n) is 5.36. The van der Waals surface area contributed by atoms with Crippen molar-refractivity contribution in [1.82, 2.24) is 19.6 Å². The van der Waals surface area contributed by atoms with Gasteiger partial charge in [0.1, 0.15) is 5.69 Å². The SMILES string of the molecule is Cc1cc(C(=O)N2CCN(C(=O)c3ccco3)CC2)n(C)n1. The van der Waals surface area contributed by atoms with Crippen LogP contribution in [0.3, 0.4) is 0 Å². The molecular weight excluding hydrogens is 284 g/mol. The third kappa shape index (κ3) is 2.61. The monoisotopic (exact) mass is 302 g/mol. The normalized spacial score (nSPS) is 15.2. The summed E-state index contributed by atoms with van der Waals surface area (Å²) in [6.45, 7) is 3.88. The molecule has 0 radical (unpaired) electrons. The van der Waals surface area contributed by atoms with Crippen molar-refractivity contribution in [3.63, 3.8) is 0 Å². The Balaban J connectivity index is 1.63. The van der Waals surface area contributed by atoms with Crippen LogP contribution >= 0.6 is 0 Å². The Hall–Kier alpha value is -2.57. The molecule has 2 amide bonds. The minimum Gasteiger partial charge on any atom is -0.459 e. The van der Waals surface area contributed by atoms with Gasteiger partial charge in [-0.2, -0.15) is 5.10 Å². The number of piperazine rings is 1. The van der Waals surface area contributed by atoms with Crippen LogP contribution in [0.1, 0.15) is 26.7 Å². The lowest BCUT2D eigenvalue weighted by Gasteiger charge is -2.34. The van der Waals surface area contributed by atoms with Crippen molar-refractivity contribution >= 4 is 11.8 Å². The first-order chi connectivity index (χ1) is 10.6. The summed E-state index contributed by atoms with van der Waals surface area (Å²) < 4.78 is 6.72. The maximum absolute atomic E-state index is 12.5. The topological polar surface area (TPSA) is 71.6 Å². The van der Waals surface area contributed by atoms with E-state index in [-0.39, 0.29) is 11.8 Å². The molecule has 0 aliphatic carbocycles. The molecule has 0 unspecified atom stereocenters. The molecule has 0 atom stereocenters. The third-order valence-electron chi connectivity index (χ3n) is 3.81. The van der Waals surface area contributed by atoms with E-state index in [0.29, 0.717) is 37.6 Å². The van der Waals surface area contributed by atoms with Crippen molar-refractivity contribution in [2.45, 2.75) is 6.92 Å². The standard InChI is InChI=1S/C15H18N4O3/c1-11-10-12(17(2)16-11)14(20)18-5-7-19(8-6-18)15(21)13-4-3-9-22-13/h3-4,9-10H,5-8H2,1-2H3. The summed E-state index contributed by atoms with van der Waals surface area (Å²) in [5, 5.41) is 4.20. The zero-order chi connectivity index (χ0) is 15.7. The molecule has 7 heteroatoms. The van der Waals surface area contributed by atoms with E-state index < -0.39 is 0 Å². The van der Waals surface area contributed by atoms with Crippen molar-refractivity contribution < 1.29 is 14.0 Å². The van der Waals surface area contributed by atoms with E-state index >= 15 is 0 Å². The van der Waals surface area contributed by atoms with Crippen LogP contribution in [0.5, 0.6) is 0 Å². The number of carbonyl (C=O) groups excluding carboxylic acids is 2. The lowest BCUT2D eigenvalue weighted by atomic mass is 10.2. The molecule has 22 heavy (non-hydrogen) atoms. The zero-order valence-corrected chi connectivity index (χ0v) is 12.7. The number of carbonyl (C=O) groups is 2. The van der Waals surface area contributed by atoms with Crippen molar-refractivity contribution in [2.75, 3.05) is 26.2 Å². The van der Waals surface area contributed by atoms with Gasteiger partial charge in [0.05, 0.1) is 12.0 Å². The van der Waals surface area contributed by atoms with Crippen LogP contribution in [-0.4, -0.2) is 57.6 Å². The quantitative estimate of drug-likeness (QED) is 0.827. The molecule has 0 aromatic carbocycles. The van der Waals surface area contributed by atoms with Gasteiger partial charge in [0.15, 0.2) is 5.76 Å². The molecule has 1 aliphatic rings. The van der Waals surface area contributed by atoms with Crippen LogP contribution in [0.25, 0.3) is 0 Å². The van der Waals surface area contributed by atoms with E-state index in [9.17, 15) is 9.59 Å². The van der Waals surface area contributed by atoms with Gasteiger partial charge in [0.2, 0.25) is 0 Å². The first kappa shape index (κ1) is 14.4. The fourth-order valence-corrected chi connectivity index (χ4v) is 2.64. The minimum absolute atomic E-state index is 0.0480. The maximum Gasteiger partial charge on any atom is 0.289 e. The average molecular weight is 302 g/mol. The van der Waals surface area contributed by atoms with Gasteiger partial charge in [-0.3, -0.25) is 14.3 Å². The van der Waals surface area contributed by atoms with Crippen LogP contribution in [0.4, 0.5) is 0 Å². The van der Waals surface area contributed by atoms with Gasteiger partial charge >= 0.3 is 0 Å². The van der Waals surface area contributed by atoms with Crippen LogP contribution in [0, 0.1) is 6.92 Å². The fourth-order valence-electron chi connectivity index (χ4n) is 2.64. The lowest BCUT2D eigenvalue weighted by Crippen LogP contribution is -2.50. The minimum atomic E-state index is -0.131. The van der Waals surface area contributed by atoms with Crippen molar-refractivity contribution in [3.8, 4) is 0 Å². The second-order valence-corrected chi connectivity index (χ2v) is 5.36. The van der Waals surface area contributed by atoms with Gasteiger partial charge in [-0.1, -0.05) is 0 Å². The van der Waals surface area contributed by atoms with Crippen LogP contribution < -0.4 is 0 Å². The Labute approximate surface area is 128 Å². The van der Waals surface area contributed by atoms with Crippen LogP contribution in [0.2, 0.25) is 0 Å². The highest BCUT2D eigenvalue weighted by Crippen LogP contribution is 2.12. The number of furan rings is 1. The first-order valence-corrected chi connectivity index (χ1v) is 7.19. The number of aromatic nitrogens is 2. The zero-order valence-electron chi connectivity index (χ0n) is 12.7. The van der Waals surface area contributed by atoms with E-state index in [1.54, 1.807) is 39.7 Å². The van der Waals surface area contributed by atoms with Crippen LogP contribution in [-0.2, 0) is 7.05 Å². The molecule has 2 aromatic heterocycles. The average Bonchev–Trinajstić information content (AvgIpc) is 3.15. The number of rotatable bonds is 2. The molecule has 0 N–H and O–H groups in total. The predicted molar refractivity (Wildman–Crippen MR) is 78.5 cm³/mol. The summed E-state index contributed by atoms with van der Waals surface area (Å²) in [5.74, 6) is 0.156. The molecule has 1 aliphatic heterocycles. The summed E-state index contributed by atoms with van der Waals surface area (Å²) >= 11 is 0. The van der Waals surface area contributed by atoms with E-state index in [2.05, 4.69) is 5.10 Å². The molecule has 0 spiro atoms. The Kier molecular flexibility index (Phi) is 3.70. The number of aryl methyl sites for hydroxylation is 2. The van der Waals surface area contributed by atoms with E-state index in [1.165, 1.54) is 6.26 Å². The number of hydrogen-bond donors (Lipinski definition) is 0. The Morgan fingerprint density at radius 3 is 2.27 bits per heavy atom. The summed E-state index contributed by atoms with van der Waals surface area (Å²) in [7, 11) is 1.76. The molecule has 2 aromatic rings. The molecule has 0 saturated carbocycles. The number of hydrogen-bond acceptors (Lipinski definition) is 4. The van der Waals surface area contributed by atoms with E-state index in [1.807, 2.05) is 6.92 Å². The highest BCUT2D eigenvalue weighted by molar-refractivity contribution is 5.94. The van der Waals surface area contributed by atoms with Gasteiger partial charge < -0.3 is 14.2 Å². The largest absolute Gasteiger partial charge is 0.459 e. The summed E-state index contributed by atoms with van der Waals surface area (Å²) in [5.41, 5.74) is 1.39. The summed E-state index contributed by atoms with van der Waals surface area (Å²) in [4.78, 5) is 28.1. The molecule has 7 nitrogen and oxygen atoms in total. The van der Waals surface area contributed by atoms with Crippen LogP contribution in [0.15, 0.2) is 28.9 Å². The molecule has 3 rings (SSSR count).